The highest BCUT2D eigenvalue weighted by molar-refractivity contribution is 5.88. The van der Waals surface area contributed by atoms with E-state index in [1.807, 2.05) is 0 Å². The lowest BCUT2D eigenvalue weighted by molar-refractivity contribution is -0.0592. The SMILES string of the molecule is NC(=O)c1nc(C#CC2(O)CCCCC2)n([C@@H]2O[C@H](CO)[C@@H](O)[C@H]2O)n1. The quantitative estimate of drug-likeness (QED) is 0.385. The third-order valence-corrected chi connectivity index (χ3v) is 4.70. The predicted octanol–water partition coefficient (Wildman–Crippen LogP) is -1.96. The van der Waals surface area contributed by atoms with Gasteiger partial charge in [0.1, 0.15) is 23.9 Å². The van der Waals surface area contributed by atoms with Crippen LogP contribution in [0.3, 0.4) is 0 Å². The molecule has 1 amide bonds. The maximum Gasteiger partial charge on any atom is 0.288 e. The van der Waals surface area contributed by atoms with Crippen LogP contribution >= 0.6 is 0 Å². The van der Waals surface area contributed by atoms with Crippen LogP contribution in [0.1, 0.15) is 54.8 Å². The third kappa shape index (κ3) is 3.58. The topological polar surface area (TPSA) is 164 Å². The van der Waals surface area contributed by atoms with Gasteiger partial charge in [-0.1, -0.05) is 12.3 Å². The van der Waals surface area contributed by atoms with Gasteiger partial charge in [0.05, 0.1) is 6.61 Å². The zero-order valence-corrected chi connectivity index (χ0v) is 14.1. The maximum absolute atomic E-state index is 11.4. The second-order valence-electron chi connectivity index (χ2n) is 6.64. The third-order valence-electron chi connectivity index (χ3n) is 4.70. The van der Waals surface area contributed by atoms with Crippen LogP contribution in [0.2, 0.25) is 0 Å². The molecule has 3 rings (SSSR count). The molecule has 10 nitrogen and oxygen atoms in total. The van der Waals surface area contributed by atoms with Gasteiger partial charge in [-0.2, -0.15) is 4.98 Å². The van der Waals surface area contributed by atoms with Crippen molar-refractivity contribution in [3.63, 3.8) is 0 Å². The van der Waals surface area contributed by atoms with E-state index < -0.39 is 42.7 Å². The number of nitrogens with two attached hydrogens (primary N) is 1. The molecular weight excluding hydrogens is 344 g/mol. The van der Waals surface area contributed by atoms with Crippen LogP contribution < -0.4 is 5.73 Å². The van der Waals surface area contributed by atoms with Crippen molar-refractivity contribution in [3.8, 4) is 11.8 Å². The normalized spacial score (nSPS) is 30.6. The van der Waals surface area contributed by atoms with E-state index in [1.54, 1.807) is 0 Å². The van der Waals surface area contributed by atoms with Gasteiger partial charge in [-0.15, -0.1) is 5.10 Å². The Morgan fingerprint density at radius 3 is 2.58 bits per heavy atom. The standard InChI is InChI=1S/C16H22N4O6/c17-13(24)14-18-10(4-7-16(25)5-2-1-3-6-16)20(19-14)15-12(23)11(22)9(8-21)26-15/h9,11-12,15,21-23,25H,1-3,5-6,8H2,(H2,17,24)/t9-,11-,12-,15-/m1/s1. The summed E-state index contributed by atoms with van der Waals surface area (Å²) in [7, 11) is 0. The maximum atomic E-state index is 11.4. The Bertz CT molecular complexity index is 733. The number of rotatable bonds is 3. The van der Waals surface area contributed by atoms with Crippen molar-refractivity contribution in [2.45, 2.75) is 62.2 Å². The lowest BCUT2D eigenvalue weighted by Gasteiger charge is -2.26. The molecule has 1 aliphatic heterocycles. The van der Waals surface area contributed by atoms with Crippen LogP contribution in [0, 0.1) is 11.8 Å². The number of aliphatic hydroxyl groups is 4. The van der Waals surface area contributed by atoms with Gasteiger partial charge >= 0.3 is 0 Å². The van der Waals surface area contributed by atoms with Gasteiger partial charge < -0.3 is 30.9 Å². The zero-order chi connectivity index (χ0) is 18.9. The number of amides is 1. The van der Waals surface area contributed by atoms with Crippen LogP contribution in [-0.2, 0) is 4.74 Å². The van der Waals surface area contributed by atoms with Gasteiger partial charge in [0.15, 0.2) is 6.23 Å². The van der Waals surface area contributed by atoms with E-state index in [4.69, 9.17) is 10.5 Å². The molecule has 142 valence electrons. The lowest BCUT2D eigenvalue weighted by Crippen LogP contribution is -2.33. The Hall–Kier alpha value is -2.03. The Morgan fingerprint density at radius 1 is 1.31 bits per heavy atom. The fraction of sp³-hybridized carbons (Fsp3) is 0.688. The fourth-order valence-corrected chi connectivity index (χ4v) is 3.21. The number of hydrogen-bond donors (Lipinski definition) is 5. The van der Waals surface area contributed by atoms with E-state index in [2.05, 4.69) is 21.9 Å². The van der Waals surface area contributed by atoms with Crippen molar-refractivity contribution in [2.75, 3.05) is 6.61 Å². The first-order valence-electron chi connectivity index (χ1n) is 8.49. The highest BCUT2D eigenvalue weighted by atomic mass is 16.6. The first kappa shape index (κ1) is 18.8. The molecule has 1 aliphatic carbocycles. The van der Waals surface area contributed by atoms with Crippen molar-refractivity contribution in [3.05, 3.63) is 11.6 Å². The average molecular weight is 366 g/mol. The number of aliphatic hydroxyl groups excluding tert-OH is 3. The molecule has 2 fully saturated rings. The van der Waals surface area contributed by atoms with Gasteiger partial charge in [-0.3, -0.25) is 4.79 Å². The number of aromatic nitrogens is 3. The van der Waals surface area contributed by atoms with Gasteiger partial charge in [-0.05, 0) is 31.6 Å². The summed E-state index contributed by atoms with van der Waals surface area (Å²) in [6, 6.07) is 0. The van der Waals surface area contributed by atoms with Crippen LogP contribution in [-0.4, -0.2) is 71.6 Å². The van der Waals surface area contributed by atoms with E-state index in [-0.39, 0.29) is 11.6 Å². The number of carbonyl (C=O) groups is 1. The van der Waals surface area contributed by atoms with Gasteiger partial charge in [0, 0.05) is 0 Å². The van der Waals surface area contributed by atoms with E-state index >= 15 is 0 Å². The van der Waals surface area contributed by atoms with E-state index in [0.717, 1.165) is 23.9 Å². The number of nitrogens with zero attached hydrogens (tertiary/aromatic N) is 3. The van der Waals surface area contributed by atoms with Crippen molar-refractivity contribution < 1.29 is 30.0 Å². The molecule has 1 aromatic rings. The molecule has 1 saturated carbocycles. The van der Waals surface area contributed by atoms with Gasteiger partial charge in [0.2, 0.25) is 11.6 Å². The van der Waals surface area contributed by atoms with Crippen molar-refractivity contribution in [1.82, 2.24) is 14.8 Å². The second-order valence-corrected chi connectivity index (χ2v) is 6.64. The molecule has 2 heterocycles. The smallest absolute Gasteiger partial charge is 0.288 e. The van der Waals surface area contributed by atoms with Crippen LogP contribution in [0.15, 0.2) is 0 Å². The summed E-state index contributed by atoms with van der Waals surface area (Å²) in [4.78, 5) is 15.3. The van der Waals surface area contributed by atoms with Crippen molar-refractivity contribution >= 4 is 5.91 Å². The summed E-state index contributed by atoms with van der Waals surface area (Å²) in [5.74, 6) is 4.19. The second kappa shape index (κ2) is 7.30. The first-order valence-corrected chi connectivity index (χ1v) is 8.49. The molecule has 0 bridgehead atoms. The molecule has 4 atom stereocenters. The lowest BCUT2D eigenvalue weighted by atomic mass is 9.85. The molecular formula is C16H22N4O6. The Kier molecular flexibility index (Phi) is 5.27. The highest BCUT2D eigenvalue weighted by Crippen LogP contribution is 2.30. The summed E-state index contributed by atoms with van der Waals surface area (Å²) >= 11 is 0. The van der Waals surface area contributed by atoms with Crippen LogP contribution in [0.5, 0.6) is 0 Å². The van der Waals surface area contributed by atoms with Crippen molar-refractivity contribution in [2.24, 2.45) is 5.73 Å². The number of ether oxygens (including phenoxy) is 1. The molecule has 0 aromatic carbocycles. The molecule has 26 heavy (non-hydrogen) atoms. The summed E-state index contributed by atoms with van der Waals surface area (Å²) in [6.45, 7) is -0.507. The molecule has 0 spiro atoms. The Labute approximate surface area is 149 Å². The minimum Gasteiger partial charge on any atom is -0.394 e. The van der Waals surface area contributed by atoms with Gasteiger partial charge in [-0.25, -0.2) is 4.68 Å². The summed E-state index contributed by atoms with van der Waals surface area (Å²) in [5.41, 5.74) is 4.06. The Morgan fingerprint density at radius 2 is 2.00 bits per heavy atom. The monoisotopic (exact) mass is 366 g/mol. The number of primary amides is 1. The molecule has 6 N–H and O–H groups in total. The summed E-state index contributed by atoms with van der Waals surface area (Å²) in [5, 5.41) is 43.7. The van der Waals surface area contributed by atoms with E-state index in [9.17, 15) is 25.2 Å². The minimum atomic E-state index is -1.41. The molecule has 10 heteroatoms. The minimum absolute atomic E-state index is 0.0346. The predicted molar refractivity (Wildman–Crippen MR) is 86.5 cm³/mol. The first-order chi connectivity index (χ1) is 12.3. The van der Waals surface area contributed by atoms with Crippen LogP contribution in [0.25, 0.3) is 0 Å². The fourth-order valence-electron chi connectivity index (χ4n) is 3.21. The molecule has 1 aromatic heterocycles. The largest absolute Gasteiger partial charge is 0.394 e. The number of hydrogen-bond acceptors (Lipinski definition) is 8. The molecule has 2 aliphatic rings. The van der Waals surface area contributed by atoms with Gasteiger partial charge in [0.25, 0.3) is 5.91 Å². The van der Waals surface area contributed by atoms with E-state index in [0.29, 0.717) is 12.8 Å². The molecule has 0 unspecified atom stereocenters. The van der Waals surface area contributed by atoms with Crippen LogP contribution in [0.4, 0.5) is 0 Å². The molecule has 1 saturated heterocycles. The van der Waals surface area contributed by atoms with Crippen molar-refractivity contribution in [1.29, 1.82) is 0 Å². The highest BCUT2D eigenvalue weighted by Gasteiger charge is 2.45. The average Bonchev–Trinajstić information content (AvgIpc) is 3.16. The Balaban J connectivity index is 1.94. The summed E-state index contributed by atoms with van der Waals surface area (Å²) < 4.78 is 6.44. The number of carbonyl (C=O) groups excluding carboxylic acids is 1. The zero-order valence-electron chi connectivity index (χ0n) is 14.1. The summed E-state index contributed by atoms with van der Waals surface area (Å²) in [6.07, 6.45) is -1.14. The molecule has 0 radical (unpaired) electrons. The van der Waals surface area contributed by atoms with E-state index in [1.165, 1.54) is 0 Å².